The summed E-state index contributed by atoms with van der Waals surface area (Å²) in [5.74, 6) is 1.37. The highest BCUT2D eigenvalue weighted by Crippen LogP contribution is 2.27. The lowest BCUT2D eigenvalue weighted by Crippen LogP contribution is -2.22. The van der Waals surface area contributed by atoms with Crippen molar-refractivity contribution in [2.45, 2.75) is 31.6 Å². The SMILES string of the molecule is C[Si](C)(C)CCOCOc1cccc2ccc(CCl)cc12. The number of alkyl halides is 1. The van der Waals surface area contributed by atoms with Crippen molar-refractivity contribution in [1.82, 2.24) is 0 Å². The van der Waals surface area contributed by atoms with Gasteiger partial charge in [0.2, 0.25) is 0 Å². The van der Waals surface area contributed by atoms with Crippen molar-refractivity contribution >= 4 is 30.4 Å². The molecule has 0 aromatic heterocycles. The molecule has 0 aliphatic rings. The maximum Gasteiger partial charge on any atom is 0.189 e. The predicted molar refractivity (Wildman–Crippen MR) is 93.1 cm³/mol. The van der Waals surface area contributed by atoms with Crippen LogP contribution in [0.15, 0.2) is 36.4 Å². The summed E-state index contributed by atoms with van der Waals surface area (Å²) in [4.78, 5) is 0. The molecule has 2 nitrogen and oxygen atoms in total. The fourth-order valence-corrected chi connectivity index (χ4v) is 2.97. The van der Waals surface area contributed by atoms with Crippen LogP contribution in [0.5, 0.6) is 5.75 Å². The van der Waals surface area contributed by atoms with Gasteiger partial charge in [-0.15, -0.1) is 11.6 Å². The van der Waals surface area contributed by atoms with Crippen LogP contribution in [0, 0.1) is 0 Å². The minimum absolute atomic E-state index is 0.300. The van der Waals surface area contributed by atoms with Gasteiger partial charge < -0.3 is 9.47 Å². The molecule has 0 spiro atoms. The van der Waals surface area contributed by atoms with E-state index in [1.54, 1.807) is 0 Å². The van der Waals surface area contributed by atoms with E-state index in [1.165, 1.54) is 0 Å². The zero-order chi connectivity index (χ0) is 15.3. The molecule has 4 heteroatoms. The van der Waals surface area contributed by atoms with Gasteiger partial charge in [-0.25, -0.2) is 0 Å². The molecule has 2 rings (SSSR count). The maximum atomic E-state index is 5.91. The van der Waals surface area contributed by atoms with Crippen molar-refractivity contribution in [3.05, 3.63) is 42.0 Å². The Labute approximate surface area is 133 Å². The van der Waals surface area contributed by atoms with E-state index >= 15 is 0 Å². The van der Waals surface area contributed by atoms with Gasteiger partial charge in [0.1, 0.15) is 5.75 Å². The molecule has 2 aromatic rings. The second-order valence-electron chi connectivity index (χ2n) is 6.43. The monoisotopic (exact) mass is 322 g/mol. The summed E-state index contributed by atoms with van der Waals surface area (Å²) in [5.41, 5.74) is 1.10. The lowest BCUT2D eigenvalue weighted by atomic mass is 10.1. The molecule has 0 unspecified atom stereocenters. The van der Waals surface area contributed by atoms with Gasteiger partial charge in [-0.1, -0.05) is 43.9 Å². The second kappa shape index (κ2) is 7.30. The minimum Gasteiger partial charge on any atom is -0.467 e. The molecule has 0 fully saturated rings. The molecule has 0 bridgehead atoms. The quantitative estimate of drug-likeness (QED) is 0.299. The molecule has 21 heavy (non-hydrogen) atoms. The predicted octanol–water partition coefficient (Wildman–Crippen LogP) is 5.27. The van der Waals surface area contributed by atoms with Crippen LogP contribution in [0.4, 0.5) is 0 Å². The first-order valence-corrected chi connectivity index (χ1v) is 11.5. The van der Waals surface area contributed by atoms with Crippen LogP contribution < -0.4 is 4.74 Å². The molecule has 0 heterocycles. The lowest BCUT2D eigenvalue weighted by molar-refractivity contribution is 0.0230. The van der Waals surface area contributed by atoms with Crippen molar-refractivity contribution in [1.29, 1.82) is 0 Å². The average molecular weight is 323 g/mol. The van der Waals surface area contributed by atoms with Crippen LogP contribution in [-0.4, -0.2) is 21.5 Å². The molecule has 0 atom stereocenters. The maximum absolute atomic E-state index is 5.91. The van der Waals surface area contributed by atoms with Gasteiger partial charge in [0.25, 0.3) is 0 Å². The summed E-state index contributed by atoms with van der Waals surface area (Å²) < 4.78 is 11.4. The van der Waals surface area contributed by atoms with Crippen LogP contribution in [0.1, 0.15) is 5.56 Å². The van der Waals surface area contributed by atoms with Gasteiger partial charge in [0.15, 0.2) is 6.79 Å². The summed E-state index contributed by atoms with van der Waals surface area (Å²) in [5, 5.41) is 2.24. The first-order valence-electron chi connectivity index (χ1n) is 7.28. The highest BCUT2D eigenvalue weighted by atomic mass is 35.5. The van der Waals surface area contributed by atoms with E-state index in [0.717, 1.165) is 34.7 Å². The zero-order valence-corrected chi connectivity index (χ0v) is 14.7. The fraction of sp³-hybridized carbons (Fsp3) is 0.412. The second-order valence-corrected chi connectivity index (χ2v) is 12.3. The van der Waals surface area contributed by atoms with Crippen LogP contribution in [0.25, 0.3) is 10.8 Å². The molecule has 2 aromatic carbocycles. The van der Waals surface area contributed by atoms with Crippen molar-refractivity contribution in [2.75, 3.05) is 13.4 Å². The van der Waals surface area contributed by atoms with Crippen LogP contribution in [0.3, 0.4) is 0 Å². The largest absolute Gasteiger partial charge is 0.467 e. The van der Waals surface area contributed by atoms with Crippen molar-refractivity contribution in [3.8, 4) is 5.75 Å². The highest BCUT2D eigenvalue weighted by Gasteiger charge is 2.12. The molecule has 0 aliphatic carbocycles. The Morgan fingerprint density at radius 1 is 1.10 bits per heavy atom. The van der Waals surface area contributed by atoms with Gasteiger partial charge in [0, 0.05) is 25.9 Å². The average Bonchev–Trinajstić information content (AvgIpc) is 2.45. The van der Waals surface area contributed by atoms with Crippen molar-refractivity contribution < 1.29 is 9.47 Å². The Hall–Kier alpha value is -1.03. The Balaban J connectivity index is 1.98. The summed E-state index contributed by atoms with van der Waals surface area (Å²) in [6, 6.07) is 13.4. The third kappa shape index (κ3) is 5.02. The molecule has 0 aliphatic heterocycles. The van der Waals surface area contributed by atoms with E-state index in [4.69, 9.17) is 21.1 Å². The number of benzene rings is 2. The number of rotatable bonds is 7. The number of ether oxygens (including phenoxy) is 2. The number of fused-ring (bicyclic) bond motifs is 1. The van der Waals surface area contributed by atoms with Crippen LogP contribution in [-0.2, 0) is 10.6 Å². The van der Waals surface area contributed by atoms with Gasteiger partial charge >= 0.3 is 0 Å². The van der Waals surface area contributed by atoms with Crippen LogP contribution >= 0.6 is 11.6 Å². The zero-order valence-electron chi connectivity index (χ0n) is 13.0. The molecular formula is C17H23ClO2Si. The number of halogens is 1. The van der Waals surface area contributed by atoms with Gasteiger partial charge in [0.05, 0.1) is 0 Å². The molecule has 0 N–H and O–H groups in total. The lowest BCUT2D eigenvalue weighted by Gasteiger charge is -2.16. The molecule has 114 valence electrons. The first kappa shape index (κ1) is 16.3. The fourth-order valence-electron chi connectivity index (χ4n) is 2.04. The highest BCUT2D eigenvalue weighted by molar-refractivity contribution is 6.76. The van der Waals surface area contributed by atoms with Gasteiger partial charge in [-0.2, -0.15) is 0 Å². The molecule has 0 saturated carbocycles. The molecule has 0 amide bonds. The third-order valence-electron chi connectivity index (χ3n) is 3.36. The van der Waals surface area contributed by atoms with Crippen LogP contribution in [0.2, 0.25) is 25.7 Å². The van der Waals surface area contributed by atoms with E-state index in [0.29, 0.717) is 12.7 Å². The molecular weight excluding hydrogens is 300 g/mol. The number of hydrogen-bond donors (Lipinski definition) is 0. The van der Waals surface area contributed by atoms with Gasteiger partial charge in [-0.3, -0.25) is 0 Å². The number of hydrogen-bond acceptors (Lipinski definition) is 2. The van der Waals surface area contributed by atoms with E-state index in [1.807, 2.05) is 18.2 Å². The summed E-state index contributed by atoms with van der Waals surface area (Å²) in [6.07, 6.45) is 0. The van der Waals surface area contributed by atoms with E-state index in [-0.39, 0.29) is 0 Å². The Bertz CT molecular complexity index is 593. The smallest absolute Gasteiger partial charge is 0.189 e. The van der Waals surface area contributed by atoms with E-state index in [2.05, 4.69) is 37.8 Å². The first-order chi connectivity index (χ1) is 9.99. The normalized spacial score (nSPS) is 11.8. The Morgan fingerprint density at radius 2 is 1.90 bits per heavy atom. The van der Waals surface area contributed by atoms with Gasteiger partial charge in [-0.05, 0) is 29.1 Å². The standard InChI is InChI=1S/C17H23ClO2Si/c1-21(2,3)10-9-19-13-20-17-6-4-5-15-8-7-14(12-18)11-16(15)17/h4-8,11H,9-10,12-13H2,1-3H3. The molecule has 0 radical (unpaired) electrons. The summed E-state index contributed by atoms with van der Waals surface area (Å²) in [6.45, 7) is 8.10. The third-order valence-corrected chi connectivity index (χ3v) is 5.37. The topological polar surface area (TPSA) is 18.5 Å². The van der Waals surface area contributed by atoms with E-state index in [9.17, 15) is 0 Å². The van der Waals surface area contributed by atoms with Crippen molar-refractivity contribution in [3.63, 3.8) is 0 Å². The Kier molecular flexibility index (Phi) is 5.68. The Morgan fingerprint density at radius 3 is 2.62 bits per heavy atom. The molecule has 0 saturated heterocycles. The van der Waals surface area contributed by atoms with Crippen molar-refractivity contribution in [2.24, 2.45) is 0 Å². The summed E-state index contributed by atoms with van der Waals surface area (Å²) >= 11 is 5.91. The minimum atomic E-state index is -1.04. The van der Waals surface area contributed by atoms with E-state index < -0.39 is 8.07 Å². The summed E-state index contributed by atoms with van der Waals surface area (Å²) in [7, 11) is -1.04.